The molecular weight excluding hydrogens is 192 g/mol. The maximum atomic E-state index is 11.1. The molecule has 0 aliphatic heterocycles. The lowest BCUT2D eigenvalue weighted by atomic mass is 9.93. The average molecular weight is 214 g/mol. The van der Waals surface area contributed by atoms with Crippen LogP contribution in [-0.2, 0) is 4.79 Å². The van der Waals surface area contributed by atoms with E-state index in [-0.39, 0.29) is 6.54 Å². The maximum absolute atomic E-state index is 11.1. The monoisotopic (exact) mass is 214 g/mol. The van der Waals surface area contributed by atoms with Crippen molar-refractivity contribution < 1.29 is 9.90 Å². The van der Waals surface area contributed by atoms with E-state index >= 15 is 0 Å². The quantitative estimate of drug-likeness (QED) is 0.718. The van der Waals surface area contributed by atoms with Crippen LogP contribution in [-0.4, -0.2) is 41.1 Å². The zero-order chi connectivity index (χ0) is 11.3. The van der Waals surface area contributed by atoms with E-state index in [2.05, 4.69) is 4.90 Å². The van der Waals surface area contributed by atoms with Crippen LogP contribution in [0.2, 0.25) is 0 Å². The Morgan fingerprint density at radius 2 is 2.07 bits per heavy atom. The van der Waals surface area contributed by atoms with E-state index in [4.69, 9.17) is 10.8 Å². The number of hydrogen-bond donors (Lipinski definition) is 2. The number of likely N-dealkylation sites (N-methyl/N-ethyl adjacent to an activating group) is 1. The molecule has 3 N–H and O–H groups in total. The third kappa shape index (κ3) is 3.18. The standard InChI is InChI=1S/C11H22N2O2/c1-2-13(10(8-12)11(14)15)9-6-4-3-5-7-9/h9-10H,2-8,12H2,1H3,(H,14,15). The molecule has 0 aromatic carbocycles. The van der Waals surface area contributed by atoms with Gasteiger partial charge in [-0.1, -0.05) is 26.2 Å². The van der Waals surface area contributed by atoms with Crippen molar-refractivity contribution in [2.45, 2.75) is 51.1 Å². The van der Waals surface area contributed by atoms with Gasteiger partial charge in [-0.3, -0.25) is 9.69 Å². The van der Waals surface area contributed by atoms with Crippen LogP contribution in [0.25, 0.3) is 0 Å². The van der Waals surface area contributed by atoms with Crippen LogP contribution in [0, 0.1) is 0 Å². The second-order valence-corrected chi connectivity index (χ2v) is 4.21. The Bertz CT molecular complexity index is 203. The van der Waals surface area contributed by atoms with Crippen LogP contribution < -0.4 is 5.73 Å². The maximum Gasteiger partial charge on any atom is 0.322 e. The molecule has 1 saturated carbocycles. The van der Waals surface area contributed by atoms with Crippen LogP contribution in [0.1, 0.15) is 39.0 Å². The molecule has 1 fully saturated rings. The van der Waals surface area contributed by atoms with Crippen molar-refractivity contribution in [1.82, 2.24) is 4.90 Å². The zero-order valence-corrected chi connectivity index (χ0v) is 9.48. The SMILES string of the molecule is CCN(C1CCCCC1)C(CN)C(=O)O. The van der Waals surface area contributed by atoms with Crippen molar-refractivity contribution in [2.24, 2.45) is 5.73 Å². The summed E-state index contributed by atoms with van der Waals surface area (Å²) in [7, 11) is 0. The molecule has 1 rings (SSSR count). The third-order valence-electron chi connectivity index (χ3n) is 3.32. The topological polar surface area (TPSA) is 66.6 Å². The fourth-order valence-corrected chi connectivity index (χ4v) is 2.52. The average Bonchev–Trinajstić information content (AvgIpc) is 2.26. The Kier molecular flexibility index (Phi) is 5.05. The van der Waals surface area contributed by atoms with E-state index in [0.717, 1.165) is 19.4 Å². The van der Waals surface area contributed by atoms with Gasteiger partial charge in [0.2, 0.25) is 0 Å². The summed E-state index contributed by atoms with van der Waals surface area (Å²) in [4.78, 5) is 13.1. The summed E-state index contributed by atoms with van der Waals surface area (Å²) in [5.74, 6) is -0.787. The lowest BCUT2D eigenvalue weighted by molar-refractivity contribution is -0.144. The van der Waals surface area contributed by atoms with Gasteiger partial charge >= 0.3 is 5.97 Å². The summed E-state index contributed by atoms with van der Waals surface area (Å²) >= 11 is 0. The van der Waals surface area contributed by atoms with Crippen molar-refractivity contribution >= 4 is 5.97 Å². The van der Waals surface area contributed by atoms with Crippen LogP contribution in [0.15, 0.2) is 0 Å². The number of rotatable bonds is 5. The summed E-state index contributed by atoms with van der Waals surface area (Å²) in [5.41, 5.74) is 5.53. The lowest BCUT2D eigenvalue weighted by Crippen LogP contribution is -2.51. The van der Waals surface area contributed by atoms with Crippen molar-refractivity contribution in [3.05, 3.63) is 0 Å². The van der Waals surface area contributed by atoms with Crippen molar-refractivity contribution in [2.75, 3.05) is 13.1 Å². The number of carboxylic acid groups (broad SMARTS) is 1. The highest BCUT2D eigenvalue weighted by atomic mass is 16.4. The zero-order valence-electron chi connectivity index (χ0n) is 9.48. The predicted molar refractivity (Wildman–Crippen MR) is 59.7 cm³/mol. The van der Waals surface area contributed by atoms with Crippen LogP contribution >= 0.6 is 0 Å². The summed E-state index contributed by atoms with van der Waals surface area (Å²) in [6, 6.07) is -0.0773. The predicted octanol–water partition coefficient (Wildman–Crippen LogP) is 1.05. The second kappa shape index (κ2) is 6.08. The Hall–Kier alpha value is -0.610. The fourth-order valence-electron chi connectivity index (χ4n) is 2.52. The normalized spacial score (nSPS) is 20.5. The fraction of sp³-hybridized carbons (Fsp3) is 0.909. The Morgan fingerprint density at radius 3 is 2.47 bits per heavy atom. The van der Waals surface area contributed by atoms with E-state index < -0.39 is 12.0 Å². The lowest BCUT2D eigenvalue weighted by Gasteiger charge is -2.36. The molecule has 4 heteroatoms. The van der Waals surface area contributed by atoms with Gasteiger partial charge < -0.3 is 10.8 Å². The molecule has 88 valence electrons. The first-order valence-electron chi connectivity index (χ1n) is 5.89. The van der Waals surface area contributed by atoms with Gasteiger partial charge in [0.1, 0.15) is 6.04 Å². The van der Waals surface area contributed by atoms with Crippen LogP contribution in [0.3, 0.4) is 0 Å². The minimum absolute atomic E-state index is 0.208. The number of nitrogens with two attached hydrogens (primary N) is 1. The number of nitrogens with zero attached hydrogens (tertiary/aromatic N) is 1. The summed E-state index contributed by atoms with van der Waals surface area (Å²) < 4.78 is 0. The van der Waals surface area contributed by atoms with Crippen molar-refractivity contribution in [1.29, 1.82) is 0 Å². The number of aliphatic carboxylic acids is 1. The molecule has 0 amide bonds. The molecule has 0 bridgehead atoms. The number of carbonyl (C=O) groups is 1. The summed E-state index contributed by atoms with van der Waals surface area (Å²) in [5, 5.41) is 9.08. The van der Waals surface area contributed by atoms with Gasteiger partial charge in [0.05, 0.1) is 0 Å². The van der Waals surface area contributed by atoms with Gasteiger partial charge in [-0.25, -0.2) is 0 Å². The third-order valence-corrected chi connectivity index (χ3v) is 3.32. The van der Waals surface area contributed by atoms with E-state index in [0.29, 0.717) is 6.04 Å². The first-order chi connectivity index (χ1) is 7.20. The van der Waals surface area contributed by atoms with E-state index in [1.165, 1.54) is 19.3 Å². The molecular formula is C11H22N2O2. The Balaban J connectivity index is 2.62. The molecule has 1 aliphatic rings. The van der Waals surface area contributed by atoms with Crippen LogP contribution in [0.5, 0.6) is 0 Å². The van der Waals surface area contributed by atoms with Gasteiger partial charge in [-0.05, 0) is 19.4 Å². The minimum Gasteiger partial charge on any atom is -0.480 e. The van der Waals surface area contributed by atoms with Gasteiger partial charge in [0, 0.05) is 12.6 Å². The van der Waals surface area contributed by atoms with E-state index in [9.17, 15) is 4.79 Å². The molecule has 0 spiro atoms. The Morgan fingerprint density at radius 1 is 1.47 bits per heavy atom. The molecule has 0 saturated heterocycles. The Labute approximate surface area is 91.4 Å². The molecule has 0 aromatic heterocycles. The number of hydrogen-bond acceptors (Lipinski definition) is 3. The van der Waals surface area contributed by atoms with Gasteiger partial charge in [-0.2, -0.15) is 0 Å². The first-order valence-corrected chi connectivity index (χ1v) is 5.89. The van der Waals surface area contributed by atoms with E-state index in [1.54, 1.807) is 0 Å². The molecule has 0 radical (unpaired) electrons. The second-order valence-electron chi connectivity index (χ2n) is 4.21. The largest absolute Gasteiger partial charge is 0.480 e. The van der Waals surface area contributed by atoms with Crippen molar-refractivity contribution in [3.8, 4) is 0 Å². The summed E-state index contributed by atoms with van der Waals surface area (Å²) in [6.45, 7) is 3.00. The molecule has 1 aliphatic carbocycles. The number of carboxylic acids is 1. The first kappa shape index (κ1) is 12.5. The van der Waals surface area contributed by atoms with Crippen LogP contribution in [0.4, 0.5) is 0 Å². The molecule has 1 atom stereocenters. The molecule has 0 aromatic rings. The van der Waals surface area contributed by atoms with Gasteiger partial charge in [0.15, 0.2) is 0 Å². The highest BCUT2D eigenvalue weighted by Gasteiger charge is 2.29. The van der Waals surface area contributed by atoms with Gasteiger partial charge in [0.25, 0.3) is 0 Å². The van der Waals surface area contributed by atoms with Gasteiger partial charge in [-0.15, -0.1) is 0 Å². The van der Waals surface area contributed by atoms with E-state index in [1.807, 2.05) is 6.92 Å². The smallest absolute Gasteiger partial charge is 0.322 e. The highest BCUT2D eigenvalue weighted by molar-refractivity contribution is 5.73. The molecule has 15 heavy (non-hydrogen) atoms. The summed E-state index contributed by atoms with van der Waals surface area (Å²) in [6.07, 6.45) is 5.97. The molecule has 4 nitrogen and oxygen atoms in total. The minimum atomic E-state index is -0.787. The molecule has 1 unspecified atom stereocenters. The van der Waals surface area contributed by atoms with Crippen molar-refractivity contribution in [3.63, 3.8) is 0 Å². The highest BCUT2D eigenvalue weighted by Crippen LogP contribution is 2.23. The molecule has 0 heterocycles.